The zero-order valence-electron chi connectivity index (χ0n) is 10.6. The van der Waals surface area contributed by atoms with Crippen LogP contribution < -0.4 is 10.7 Å². The minimum Gasteiger partial charge on any atom is -0.367 e. The van der Waals surface area contributed by atoms with E-state index >= 15 is 0 Å². The Bertz CT molecular complexity index is 469. The molecule has 2 rings (SSSR count). The number of pyridine rings is 1. The number of rotatable bonds is 3. The molecule has 5 nitrogen and oxygen atoms in total. The summed E-state index contributed by atoms with van der Waals surface area (Å²) in [6.07, 6.45) is 6.49. The summed E-state index contributed by atoms with van der Waals surface area (Å²) in [6.45, 7) is 1.68. The van der Waals surface area contributed by atoms with Crippen LogP contribution in [0, 0.1) is 0 Å². The first-order valence-corrected chi connectivity index (χ1v) is 6.34. The van der Waals surface area contributed by atoms with Gasteiger partial charge in [0, 0.05) is 31.0 Å². The first-order valence-electron chi connectivity index (χ1n) is 6.34. The van der Waals surface area contributed by atoms with Gasteiger partial charge in [0.25, 0.3) is 5.91 Å². The van der Waals surface area contributed by atoms with Crippen LogP contribution in [0.4, 0.5) is 0 Å². The fourth-order valence-electron chi connectivity index (χ4n) is 2.30. The van der Waals surface area contributed by atoms with Crippen molar-refractivity contribution in [3.63, 3.8) is 0 Å². The van der Waals surface area contributed by atoms with Gasteiger partial charge in [-0.1, -0.05) is 6.42 Å². The van der Waals surface area contributed by atoms with Crippen molar-refractivity contribution < 1.29 is 4.79 Å². The number of aromatic amines is 1. The lowest BCUT2D eigenvalue weighted by Gasteiger charge is -2.32. The fourth-order valence-corrected chi connectivity index (χ4v) is 2.30. The molecular formula is C13H19N3O2. The van der Waals surface area contributed by atoms with Crippen molar-refractivity contribution in [2.75, 3.05) is 20.1 Å². The van der Waals surface area contributed by atoms with E-state index in [4.69, 9.17) is 0 Å². The fraction of sp³-hybridized carbons (Fsp3) is 0.538. The molecule has 2 heterocycles. The number of hydrogen-bond donors (Lipinski definition) is 2. The summed E-state index contributed by atoms with van der Waals surface area (Å²) in [4.78, 5) is 28.4. The summed E-state index contributed by atoms with van der Waals surface area (Å²) in [5, 5.41) is 2.84. The molecule has 0 spiro atoms. The van der Waals surface area contributed by atoms with E-state index in [2.05, 4.69) is 22.2 Å². The topological polar surface area (TPSA) is 65.2 Å². The van der Waals surface area contributed by atoms with E-state index in [1.807, 2.05) is 0 Å². The van der Waals surface area contributed by atoms with Gasteiger partial charge in [-0.05, 0) is 26.4 Å². The number of aromatic nitrogens is 1. The molecule has 18 heavy (non-hydrogen) atoms. The number of hydrogen-bond acceptors (Lipinski definition) is 3. The summed E-state index contributed by atoms with van der Waals surface area (Å²) in [7, 11) is 2.07. The van der Waals surface area contributed by atoms with Gasteiger partial charge in [0.15, 0.2) is 5.43 Å². The van der Waals surface area contributed by atoms with E-state index < -0.39 is 0 Å². The number of nitrogens with one attached hydrogen (secondary N) is 2. The molecule has 1 amide bonds. The minimum absolute atomic E-state index is 0.177. The zero-order valence-corrected chi connectivity index (χ0v) is 10.6. The van der Waals surface area contributed by atoms with Crippen LogP contribution in [0.3, 0.4) is 0 Å². The molecule has 98 valence electrons. The van der Waals surface area contributed by atoms with Gasteiger partial charge in [-0.25, -0.2) is 0 Å². The van der Waals surface area contributed by atoms with Gasteiger partial charge < -0.3 is 15.2 Å². The maximum Gasteiger partial charge on any atom is 0.256 e. The number of amides is 1. The van der Waals surface area contributed by atoms with Crippen LogP contribution in [0.1, 0.15) is 29.6 Å². The molecule has 2 N–H and O–H groups in total. The van der Waals surface area contributed by atoms with Gasteiger partial charge in [-0.3, -0.25) is 9.59 Å². The number of likely N-dealkylation sites (tertiary alicyclic amines) is 1. The lowest BCUT2D eigenvalue weighted by atomic mass is 10.0. The number of carbonyl (C=O) groups excluding carboxylic acids is 1. The number of carbonyl (C=O) groups is 1. The number of H-pyrrole nitrogens is 1. The van der Waals surface area contributed by atoms with E-state index in [0.717, 1.165) is 13.0 Å². The van der Waals surface area contributed by atoms with Crippen molar-refractivity contribution >= 4 is 5.91 Å². The maximum absolute atomic E-state index is 11.9. The van der Waals surface area contributed by atoms with E-state index in [1.165, 1.54) is 31.3 Å². The summed E-state index contributed by atoms with van der Waals surface area (Å²) in [5.41, 5.74) is -0.0702. The highest BCUT2D eigenvalue weighted by Gasteiger charge is 2.19. The number of nitrogens with zero attached hydrogens (tertiary/aromatic N) is 1. The molecule has 0 saturated carbocycles. The standard InChI is InChI=1S/C13H19N3O2/c1-16-7-3-2-4-10(16)8-15-13(18)11-9-14-6-5-12(11)17/h5-6,9-10H,2-4,7-8H2,1H3,(H,14,17)(H,15,18). The summed E-state index contributed by atoms with van der Waals surface area (Å²) in [5.74, 6) is -0.296. The van der Waals surface area contributed by atoms with Crippen molar-refractivity contribution in [2.24, 2.45) is 0 Å². The van der Waals surface area contributed by atoms with Crippen molar-refractivity contribution in [1.82, 2.24) is 15.2 Å². The van der Waals surface area contributed by atoms with E-state index in [-0.39, 0.29) is 16.9 Å². The Morgan fingerprint density at radius 1 is 1.56 bits per heavy atom. The Morgan fingerprint density at radius 3 is 3.11 bits per heavy atom. The van der Waals surface area contributed by atoms with Gasteiger partial charge in [0.2, 0.25) is 0 Å². The van der Waals surface area contributed by atoms with Crippen LogP contribution in [0.15, 0.2) is 23.3 Å². The Hall–Kier alpha value is -1.62. The monoisotopic (exact) mass is 249 g/mol. The first kappa shape index (κ1) is 12.8. The highest BCUT2D eigenvalue weighted by molar-refractivity contribution is 5.93. The highest BCUT2D eigenvalue weighted by atomic mass is 16.2. The second-order valence-electron chi connectivity index (χ2n) is 4.76. The van der Waals surface area contributed by atoms with Crippen LogP contribution in [-0.4, -0.2) is 42.0 Å². The maximum atomic E-state index is 11.9. The zero-order chi connectivity index (χ0) is 13.0. The van der Waals surface area contributed by atoms with Crippen LogP contribution in [0.2, 0.25) is 0 Å². The van der Waals surface area contributed by atoms with Crippen molar-refractivity contribution in [2.45, 2.75) is 25.3 Å². The molecule has 1 aromatic heterocycles. The molecule has 1 atom stereocenters. The molecule has 0 aliphatic carbocycles. The van der Waals surface area contributed by atoms with Crippen molar-refractivity contribution in [1.29, 1.82) is 0 Å². The molecule has 0 bridgehead atoms. The smallest absolute Gasteiger partial charge is 0.256 e. The van der Waals surface area contributed by atoms with Gasteiger partial charge in [-0.2, -0.15) is 0 Å². The Kier molecular flexibility index (Phi) is 4.15. The van der Waals surface area contributed by atoms with E-state index in [1.54, 1.807) is 0 Å². The third-order valence-corrected chi connectivity index (χ3v) is 3.49. The normalized spacial score (nSPS) is 20.6. The quantitative estimate of drug-likeness (QED) is 0.824. The van der Waals surface area contributed by atoms with Gasteiger partial charge >= 0.3 is 0 Å². The third kappa shape index (κ3) is 2.98. The Labute approximate surface area is 106 Å². The van der Waals surface area contributed by atoms with Gasteiger partial charge in [-0.15, -0.1) is 0 Å². The average Bonchev–Trinajstić information content (AvgIpc) is 2.38. The summed E-state index contributed by atoms with van der Waals surface area (Å²) < 4.78 is 0. The molecule has 1 aromatic rings. The Balaban J connectivity index is 1.92. The molecule has 1 aliphatic rings. The minimum atomic E-state index is -0.296. The van der Waals surface area contributed by atoms with E-state index in [0.29, 0.717) is 12.6 Å². The molecule has 5 heteroatoms. The summed E-state index contributed by atoms with van der Waals surface area (Å²) in [6, 6.07) is 1.74. The average molecular weight is 249 g/mol. The number of likely N-dealkylation sites (N-methyl/N-ethyl adjacent to an activating group) is 1. The Morgan fingerprint density at radius 2 is 2.39 bits per heavy atom. The second-order valence-corrected chi connectivity index (χ2v) is 4.76. The SMILES string of the molecule is CN1CCCCC1CNC(=O)c1c[nH]ccc1=O. The first-order chi connectivity index (χ1) is 8.68. The van der Waals surface area contributed by atoms with Crippen LogP contribution in [0.25, 0.3) is 0 Å². The van der Waals surface area contributed by atoms with Crippen LogP contribution >= 0.6 is 0 Å². The molecule has 1 fully saturated rings. The molecule has 0 aromatic carbocycles. The molecule has 1 saturated heterocycles. The lowest BCUT2D eigenvalue weighted by molar-refractivity contribution is 0.0927. The van der Waals surface area contributed by atoms with Crippen LogP contribution in [0.5, 0.6) is 0 Å². The molecule has 1 unspecified atom stereocenters. The van der Waals surface area contributed by atoms with Gasteiger partial charge in [0.05, 0.1) is 0 Å². The highest BCUT2D eigenvalue weighted by Crippen LogP contribution is 2.13. The second kappa shape index (κ2) is 5.82. The van der Waals surface area contributed by atoms with Crippen LogP contribution in [-0.2, 0) is 0 Å². The van der Waals surface area contributed by atoms with Crippen molar-refractivity contribution in [3.8, 4) is 0 Å². The lowest BCUT2D eigenvalue weighted by Crippen LogP contribution is -2.45. The molecular weight excluding hydrogens is 230 g/mol. The molecule has 0 radical (unpaired) electrons. The third-order valence-electron chi connectivity index (χ3n) is 3.49. The predicted octanol–water partition coefficient (Wildman–Crippen LogP) is 0.589. The predicted molar refractivity (Wildman–Crippen MR) is 69.7 cm³/mol. The van der Waals surface area contributed by atoms with E-state index in [9.17, 15) is 9.59 Å². The number of piperidine rings is 1. The molecule has 1 aliphatic heterocycles. The largest absolute Gasteiger partial charge is 0.367 e. The van der Waals surface area contributed by atoms with Crippen molar-refractivity contribution in [3.05, 3.63) is 34.2 Å². The summed E-state index contributed by atoms with van der Waals surface area (Å²) >= 11 is 0. The van der Waals surface area contributed by atoms with Gasteiger partial charge in [0.1, 0.15) is 5.56 Å².